The molecule has 0 unspecified atom stereocenters. The molecular formula is C21H25N3O. The number of amides is 1. The van der Waals surface area contributed by atoms with E-state index >= 15 is 0 Å². The van der Waals surface area contributed by atoms with E-state index in [0.29, 0.717) is 11.7 Å². The summed E-state index contributed by atoms with van der Waals surface area (Å²) in [5.74, 6) is -0.0360. The summed E-state index contributed by atoms with van der Waals surface area (Å²) >= 11 is 0. The van der Waals surface area contributed by atoms with Gasteiger partial charge in [0.15, 0.2) is 0 Å². The molecule has 0 bridgehead atoms. The van der Waals surface area contributed by atoms with Crippen LogP contribution < -0.4 is 10.2 Å². The van der Waals surface area contributed by atoms with Gasteiger partial charge in [0.2, 0.25) is 0 Å². The third kappa shape index (κ3) is 3.68. The molecule has 1 fully saturated rings. The minimum absolute atomic E-state index is 0.0360. The summed E-state index contributed by atoms with van der Waals surface area (Å²) in [5.41, 5.74) is 4.42. The molecule has 1 aliphatic heterocycles. The standard InChI is InChI=1S/C21H25N3O/c25-21(23-18-8-2-1-3-9-18)20-14-19(10-12-22-20)24-13-11-16-6-4-5-7-17(16)15-24/h4-7,10,12,14,18H,1-3,8-9,11,13,15H2,(H,23,25). The van der Waals surface area contributed by atoms with Crippen LogP contribution in [0.3, 0.4) is 0 Å². The Morgan fingerprint density at radius 3 is 2.72 bits per heavy atom. The molecule has 1 aromatic heterocycles. The molecule has 1 aromatic carbocycles. The number of fused-ring (bicyclic) bond motifs is 1. The Bertz CT molecular complexity index is 752. The molecule has 130 valence electrons. The average Bonchev–Trinajstić information content (AvgIpc) is 2.68. The minimum atomic E-state index is -0.0360. The molecule has 4 nitrogen and oxygen atoms in total. The van der Waals surface area contributed by atoms with E-state index in [-0.39, 0.29) is 5.91 Å². The maximum atomic E-state index is 12.6. The van der Waals surface area contributed by atoms with Crippen LogP contribution in [-0.4, -0.2) is 23.5 Å². The third-order valence-corrected chi connectivity index (χ3v) is 5.41. The average molecular weight is 335 g/mol. The number of carbonyl (C=O) groups is 1. The molecule has 25 heavy (non-hydrogen) atoms. The minimum Gasteiger partial charge on any atom is -0.367 e. The number of nitrogens with one attached hydrogen (secondary N) is 1. The lowest BCUT2D eigenvalue weighted by Gasteiger charge is -2.31. The lowest BCUT2D eigenvalue weighted by molar-refractivity contribution is 0.0922. The second kappa shape index (κ2) is 7.26. The van der Waals surface area contributed by atoms with Crippen molar-refractivity contribution in [3.05, 3.63) is 59.4 Å². The van der Waals surface area contributed by atoms with Crippen molar-refractivity contribution in [2.45, 2.75) is 51.1 Å². The zero-order valence-electron chi connectivity index (χ0n) is 14.6. The van der Waals surface area contributed by atoms with Crippen molar-refractivity contribution >= 4 is 11.6 Å². The molecule has 2 aromatic rings. The first kappa shape index (κ1) is 16.1. The van der Waals surface area contributed by atoms with E-state index in [0.717, 1.165) is 38.0 Å². The zero-order valence-corrected chi connectivity index (χ0v) is 14.6. The van der Waals surface area contributed by atoms with Crippen LogP contribution in [0.2, 0.25) is 0 Å². The zero-order chi connectivity index (χ0) is 17.1. The number of hydrogen-bond acceptors (Lipinski definition) is 3. The highest BCUT2D eigenvalue weighted by molar-refractivity contribution is 5.93. The van der Waals surface area contributed by atoms with Gasteiger partial charge in [-0.2, -0.15) is 0 Å². The molecule has 2 aliphatic rings. The molecule has 0 atom stereocenters. The summed E-state index contributed by atoms with van der Waals surface area (Å²) in [4.78, 5) is 19.2. The number of rotatable bonds is 3. The molecule has 0 spiro atoms. The second-order valence-corrected chi connectivity index (χ2v) is 7.15. The molecule has 4 rings (SSSR count). The smallest absolute Gasteiger partial charge is 0.270 e. The van der Waals surface area contributed by atoms with Crippen LogP contribution in [0.1, 0.15) is 53.7 Å². The van der Waals surface area contributed by atoms with Crippen molar-refractivity contribution in [1.29, 1.82) is 0 Å². The van der Waals surface area contributed by atoms with Gasteiger partial charge in [0.05, 0.1) is 0 Å². The Morgan fingerprint density at radius 1 is 1.08 bits per heavy atom. The Balaban J connectivity index is 1.47. The Kier molecular flexibility index (Phi) is 4.68. The largest absolute Gasteiger partial charge is 0.367 e. The number of nitrogens with zero attached hydrogens (tertiary/aromatic N) is 2. The van der Waals surface area contributed by atoms with Crippen LogP contribution in [0.15, 0.2) is 42.6 Å². The quantitative estimate of drug-likeness (QED) is 0.930. The SMILES string of the molecule is O=C(NC1CCCCC1)c1cc(N2CCc3ccccc3C2)ccn1. The maximum Gasteiger partial charge on any atom is 0.270 e. The topological polar surface area (TPSA) is 45.2 Å². The number of aromatic nitrogens is 1. The van der Waals surface area contributed by atoms with Crippen LogP contribution in [-0.2, 0) is 13.0 Å². The van der Waals surface area contributed by atoms with Crippen molar-refractivity contribution < 1.29 is 4.79 Å². The first-order valence-electron chi connectivity index (χ1n) is 9.38. The fourth-order valence-electron chi connectivity index (χ4n) is 3.96. The van der Waals surface area contributed by atoms with E-state index < -0.39 is 0 Å². The maximum absolute atomic E-state index is 12.6. The van der Waals surface area contributed by atoms with Gasteiger partial charge >= 0.3 is 0 Å². The normalized spacial score (nSPS) is 17.8. The van der Waals surface area contributed by atoms with Crippen LogP contribution in [0, 0.1) is 0 Å². The van der Waals surface area contributed by atoms with Gasteiger partial charge in [-0.15, -0.1) is 0 Å². The highest BCUT2D eigenvalue weighted by Crippen LogP contribution is 2.24. The Hall–Kier alpha value is -2.36. The van der Waals surface area contributed by atoms with Crippen LogP contribution in [0.5, 0.6) is 0 Å². The fraction of sp³-hybridized carbons (Fsp3) is 0.429. The van der Waals surface area contributed by atoms with Crippen molar-refractivity contribution in [2.75, 3.05) is 11.4 Å². The molecule has 4 heteroatoms. The van der Waals surface area contributed by atoms with Gasteiger partial charge in [-0.05, 0) is 42.5 Å². The molecule has 0 saturated heterocycles. The molecule has 2 heterocycles. The van der Waals surface area contributed by atoms with Gasteiger partial charge in [0.25, 0.3) is 5.91 Å². The third-order valence-electron chi connectivity index (χ3n) is 5.41. The summed E-state index contributed by atoms with van der Waals surface area (Å²) in [5, 5.41) is 3.16. The summed E-state index contributed by atoms with van der Waals surface area (Å²) in [7, 11) is 0. The van der Waals surface area contributed by atoms with Gasteiger partial charge in [-0.3, -0.25) is 9.78 Å². The molecule has 1 N–H and O–H groups in total. The predicted octanol–water partition coefficient (Wildman–Crippen LogP) is 3.71. The molecule has 1 amide bonds. The molecule has 0 radical (unpaired) electrons. The van der Waals surface area contributed by atoms with Gasteiger partial charge in [0.1, 0.15) is 5.69 Å². The fourth-order valence-corrected chi connectivity index (χ4v) is 3.96. The molecular weight excluding hydrogens is 310 g/mol. The number of anilines is 1. The van der Waals surface area contributed by atoms with E-state index in [4.69, 9.17) is 0 Å². The summed E-state index contributed by atoms with van der Waals surface area (Å²) in [6, 6.07) is 12.9. The van der Waals surface area contributed by atoms with Gasteiger partial charge < -0.3 is 10.2 Å². The highest BCUT2D eigenvalue weighted by Gasteiger charge is 2.20. The lowest BCUT2D eigenvalue weighted by atomic mass is 9.95. The van der Waals surface area contributed by atoms with Crippen LogP contribution in [0.4, 0.5) is 5.69 Å². The number of carbonyl (C=O) groups excluding carboxylic acids is 1. The summed E-state index contributed by atoms with van der Waals surface area (Å²) in [6.07, 6.45) is 8.70. The number of pyridine rings is 1. The number of benzene rings is 1. The van der Waals surface area contributed by atoms with Crippen molar-refractivity contribution in [3.8, 4) is 0 Å². The Labute approximate surface area is 149 Å². The first-order valence-corrected chi connectivity index (χ1v) is 9.38. The first-order chi connectivity index (χ1) is 12.3. The predicted molar refractivity (Wildman–Crippen MR) is 99.8 cm³/mol. The Morgan fingerprint density at radius 2 is 1.88 bits per heavy atom. The van der Waals surface area contributed by atoms with Crippen LogP contribution in [0.25, 0.3) is 0 Å². The molecule has 1 saturated carbocycles. The number of hydrogen-bond donors (Lipinski definition) is 1. The van der Waals surface area contributed by atoms with Gasteiger partial charge in [0, 0.05) is 31.0 Å². The van der Waals surface area contributed by atoms with E-state index in [1.54, 1.807) is 6.20 Å². The van der Waals surface area contributed by atoms with Crippen LogP contribution >= 0.6 is 0 Å². The van der Waals surface area contributed by atoms with E-state index in [1.165, 1.54) is 30.4 Å². The van der Waals surface area contributed by atoms with Gasteiger partial charge in [-0.1, -0.05) is 43.5 Å². The monoisotopic (exact) mass is 335 g/mol. The van der Waals surface area contributed by atoms with E-state index in [2.05, 4.69) is 39.5 Å². The van der Waals surface area contributed by atoms with E-state index in [9.17, 15) is 4.79 Å². The lowest BCUT2D eigenvalue weighted by Crippen LogP contribution is -2.36. The second-order valence-electron chi connectivity index (χ2n) is 7.15. The van der Waals surface area contributed by atoms with Crippen molar-refractivity contribution in [3.63, 3.8) is 0 Å². The highest BCUT2D eigenvalue weighted by atomic mass is 16.1. The molecule has 1 aliphatic carbocycles. The summed E-state index contributed by atoms with van der Waals surface area (Å²) < 4.78 is 0. The van der Waals surface area contributed by atoms with Gasteiger partial charge in [-0.25, -0.2) is 0 Å². The van der Waals surface area contributed by atoms with E-state index in [1.807, 2.05) is 12.1 Å². The van der Waals surface area contributed by atoms with Crippen molar-refractivity contribution in [1.82, 2.24) is 10.3 Å². The van der Waals surface area contributed by atoms with Crippen molar-refractivity contribution in [2.24, 2.45) is 0 Å². The summed E-state index contributed by atoms with van der Waals surface area (Å²) in [6.45, 7) is 1.87.